The average Bonchev–Trinajstić information content (AvgIpc) is 2.48. The quantitative estimate of drug-likeness (QED) is 0.841. The SMILES string of the molecule is COc1ccccc1OC.Nc1ccccc1C(=O)O. The zero-order chi connectivity index (χ0) is 15.0. The molecule has 20 heavy (non-hydrogen) atoms. The van der Waals surface area contributed by atoms with Crippen molar-refractivity contribution in [1.82, 2.24) is 0 Å². The monoisotopic (exact) mass is 275 g/mol. The van der Waals surface area contributed by atoms with Crippen LogP contribution in [0.5, 0.6) is 11.5 Å². The summed E-state index contributed by atoms with van der Waals surface area (Å²) in [7, 11) is 3.25. The first-order valence-corrected chi connectivity index (χ1v) is 5.85. The number of hydrogen-bond donors (Lipinski definition) is 2. The van der Waals surface area contributed by atoms with Crippen LogP contribution in [0.3, 0.4) is 0 Å². The molecule has 0 amide bonds. The minimum Gasteiger partial charge on any atom is -0.493 e. The van der Waals surface area contributed by atoms with Crippen LogP contribution in [0, 0.1) is 0 Å². The Balaban J connectivity index is 0.000000200. The highest BCUT2D eigenvalue weighted by Gasteiger charge is 2.03. The van der Waals surface area contributed by atoms with Gasteiger partial charge in [-0.25, -0.2) is 4.79 Å². The van der Waals surface area contributed by atoms with Crippen LogP contribution in [-0.4, -0.2) is 25.3 Å². The van der Waals surface area contributed by atoms with E-state index in [-0.39, 0.29) is 5.56 Å². The fourth-order valence-corrected chi connectivity index (χ4v) is 1.48. The molecule has 0 bridgehead atoms. The highest BCUT2D eigenvalue weighted by Crippen LogP contribution is 2.24. The lowest BCUT2D eigenvalue weighted by molar-refractivity contribution is 0.0698. The topological polar surface area (TPSA) is 81.8 Å². The molecule has 0 saturated carbocycles. The van der Waals surface area contributed by atoms with Crippen molar-refractivity contribution < 1.29 is 19.4 Å². The molecule has 0 fully saturated rings. The molecule has 0 aliphatic carbocycles. The van der Waals surface area contributed by atoms with E-state index in [0.29, 0.717) is 5.69 Å². The van der Waals surface area contributed by atoms with E-state index in [1.54, 1.807) is 32.4 Å². The molecule has 0 saturated heterocycles. The van der Waals surface area contributed by atoms with Crippen LogP contribution in [0.15, 0.2) is 48.5 Å². The zero-order valence-electron chi connectivity index (χ0n) is 11.4. The third kappa shape index (κ3) is 4.20. The Morgan fingerprint density at radius 3 is 1.75 bits per heavy atom. The summed E-state index contributed by atoms with van der Waals surface area (Å²) in [5.41, 5.74) is 5.80. The molecule has 5 heteroatoms. The standard InChI is InChI=1S/C8H10O2.C7H7NO2/c1-9-7-5-3-4-6-8(7)10-2;8-6-4-2-1-3-5(6)7(9)10/h3-6H,1-2H3;1-4H,8H2,(H,9,10). The number of nitrogens with two attached hydrogens (primary N) is 1. The molecular weight excluding hydrogens is 258 g/mol. The summed E-state index contributed by atoms with van der Waals surface area (Å²) in [6.45, 7) is 0. The smallest absolute Gasteiger partial charge is 0.337 e. The first kappa shape index (κ1) is 15.4. The lowest BCUT2D eigenvalue weighted by Gasteiger charge is -2.04. The third-order valence-corrected chi connectivity index (χ3v) is 2.48. The summed E-state index contributed by atoms with van der Waals surface area (Å²) < 4.78 is 10.0. The molecule has 0 aromatic heterocycles. The second-order valence-electron chi connectivity index (χ2n) is 3.75. The minimum absolute atomic E-state index is 0.155. The molecule has 0 unspecified atom stereocenters. The number of methoxy groups -OCH3 is 2. The molecule has 2 aromatic carbocycles. The first-order chi connectivity index (χ1) is 9.60. The number of carbonyl (C=O) groups is 1. The predicted octanol–water partition coefficient (Wildman–Crippen LogP) is 2.67. The predicted molar refractivity (Wildman–Crippen MR) is 77.4 cm³/mol. The number of nitrogen functional groups attached to an aromatic ring is 1. The molecule has 0 spiro atoms. The summed E-state index contributed by atoms with van der Waals surface area (Å²) >= 11 is 0. The fourth-order valence-electron chi connectivity index (χ4n) is 1.48. The van der Waals surface area contributed by atoms with E-state index in [2.05, 4.69) is 0 Å². The number of benzene rings is 2. The molecule has 2 aromatic rings. The fraction of sp³-hybridized carbons (Fsp3) is 0.133. The van der Waals surface area contributed by atoms with Crippen molar-refractivity contribution in [3.63, 3.8) is 0 Å². The Morgan fingerprint density at radius 2 is 1.40 bits per heavy atom. The van der Waals surface area contributed by atoms with Gasteiger partial charge in [0, 0.05) is 5.69 Å². The number of anilines is 1. The van der Waals surface area contributed by atoms with Crippen LogP contribution in [-0.2, 0) is 0 Å². The second kappa shape index (κ2) is 7.68. The van der Waals surface area contributed by atoms with Crippen LogP contribution >= 0.6 is 0 Å². The van der Waals surface area contributed by atoms with Gasteiger partial charge in [-0.1, -0.05) is 24.3 Å². The number of carboxylic acids is 1. The molecule has 5 nitrogen and oxygen atoms in total. The Hall–Kier alpha value is -2.69. The lowest BCUT2D eigenvalue weighted by Crippen LogP contribution is -2.00. The largest absolute Gasteiger partial charge is 0.493 e. The van der Waals surface area contributed by atoms with Gasteiger partial charge in [0.05, 0.1) is 19.8 Å². The summed E-state index contributed by atoms with van der Waals surface area (Å²) in [6, 6.07) is 13.9. The average molecular weight is 275 g/mol. The molecule has 2 rings (SSSR count). The zero-order valence-corrected chi connectivity index (χ0v) is 11.4. The van der Waals surface area contributed by atoms with Crippen molar-refractivity contribution in [3.8, 4) is 11.5 Å². The van der Waals surface area contributed by atoms with Gasteiger partial charge >= 0.3 is 5.97 Å². The molecule has 0 radical (unpaired) electrons. The van der Waals surface area contributed by atoms with E-state index in [1.807, 2.05) is 24.3 Å². The van der Waals surface area contributed by atoms with Crippen molar-refractivity contribution in [2.75, 3.05) is 20.0 Å². The van der Waals surface area contributed by atoms with Gasteiger partial charge in [0.1, 0.15) is 0 Å². The van der Waals surface area contributed by atoms with Gasteiger partial charge in [-0.15, -0.1) is 0 Å². The van der Waals surface area contributed by atoms with E-state index < -0.39 is 5.97 Å². The lowest BCUT2D eigenvalue weighted by atomic mass is 10.2. The molecule has 106 valence electrons. The normalized spacial score (nSPS) is 9.10. The minimum atomic E-state index is -0.988. The maximum atomic E-state index is 10.3. The number of hydrogen-bond acceptors (Lipinski definition) is 4. The first-order valence-electron chi connectivity index (χ1n) is 5.85. The highest BCUT2D eigenvalue weighted by molar-refractivity contribution is 5.93. The Labute approximate surface area is 117 Å². The van der Waals surface area contributed by atoms with Gasteiger partial charge in [-0.05, 0) is 24.3 Å². The Morgan fingerprint density at radius 1 is 0.950 bits per heavy atom. The molecule has 0 aliphatic heterocycles. The summed E-state index contributed by atoms with van der Waals surface area (Å²) in [5, 5.41) is 8.49. The van der Waals surface area contributed by atoms with Crippen molar-refractivity contribution >= 4 is 11.7 Å². The summed E-state index contributed by atoms with van der Waals surface area (Å²) in [6.07, 6.45) is 0. The molecule has 0 atom stereocenters. The third-order valence-electron chi connectivity index (χ3n) is 2.48. The van der Waals surface area contributed by atoms with Crippen LogP contribution in [0.25, 0.3) is 0 Å². The van der Waals surface area contributed by atoms with E-state index in [9.17, 15) is 4.79 Å². The van der Waals surface area contributed by atoms with Crippen molar-refractivity contribution in [2.45, 2.75) is 0 Å². The summed E-state index contributed by atoms with van der Waals surface area (Å²) in [4.78, 5) is 10.3. The highest BCUT2D eigenvalue weighted by atomic mass is 16.5. The van der Waals surface area contributed by atoms with Gasteiger partial charge in [-0.3, -0.25) is 0 Å². The van der Waals surface area contributed by atoms with Gasteiger partial charge < -0.3 is 20.3 Å². The van der Waals surface area contributed by atoms with Crippen molar-refractivity contribution in [1.29, 1.82) is 0 Å². The Bertz CT molecular complexity index is 546. The maximum Gasteiger partial charge on any atom is 0.337 e. The van der Waals surface area contributed by atoms with E-state index in [1.165, 1.54) is 6.07 Å². The van der Waals surface area contributed by atoms with Crippen LogP contribution in [0.2, 0.25) is 0 Å². The molecule has 3 N–H and O–H groups in total. The maximum absolute atomic E-state index is 10.3. The number of aromatic carboxylic acids is 1. The molecule has 0 aliphatic rings. The van der Waals surface area contributed by atoms with Crippen molar-refractivity contribution in [3.05, 3.63) is 54.1 Å². The number of rotatable bonds is 3. The van der Waals surface area contributed by atoms with E-state index >= 15 is 0 Å². The number of ether oxygens (including phenoxy) is 2. The number of carboxylic acid groups (broad SMARTS) is 1. The van der Waals surface area contributed by atoms with Gasteiger partial charge in [-0.2, -0.15) is 0 Å². The van der Waals surface area contributed by atoms with Crippen molar-refractivity contribution in [2.24, 2.45) is 0 Å². The van der Waals surface area contributed by atoms with Gasteiger partial charge in [0.15, 0.2) is 11.5 Å². The van der Waals surface area contributed by atoms with Crippen LogP contribution in [0.4, 0.5) is 5.69 Å². The molecule has 0 heterocycles. The second-order valence-corrected chi connectivity index (χ2v) is 3.75. The van der Waals surface area contributed by atoms with E-state index in [0.717, 1.165) is 11.5 Å². The van der Waals surface area contributed by atoms with Crippen LogP contribution < -0.4 is 15.2 Å². The van der Waals surface area contributed by atoms with Gasteiger partial charge in [0.2, 0.25) is 0 Å². The van der Waals surface area contributed by atoms with Gasteiger partial charge in [0.25, 0.3) is 0 Å². The number of para-hydroxylation sites is 3. The Kier molecular flexibility index (Phi) is 5.90. The summed E-state index contributed by atoms with van der Waals surface area (Å²) in [5.74, 6) is 0.549. The molecular formula is C15H17NO4. The van der Waals surface area contributed by atoms with Crippen LogP contribution in [0.1, 0.15) is 10.4 Å². The van der Waals surface area contributed by atoms with E-state index in [4.69, 9.17) is 20.3 Å².